The van der Waals surface area contributed by atoms with Crippen LogP contribution in [0.1, 0.15) is 52.4 Å². The fraction of sp³-hybridized carbons (Fsp3) is 0.786. The molecule has 0 aromatic rings. The zero-order chi connectivity index (χ0) is 12.2. The minimum atomic E-state index is -0.493. The normalized spacial score (nSPS) is 30.1. The number of hydrogen-bond acceptors (Lipinski definition) is 2. The number of carbonyl (C=O) groups excluding carboxylic acids is 1. The molecular weight excluding hydrogens is 200 g/mol. The van der Waals surface area contributed by atoms with Gasteiger partial charge >= 0.3 is 0 Å². The molecule has 0 spiro atoms. The van der Waals surface area contributed by atoms with Gasteiger partial charge in [0.15, 0.2) is 5.78 Å². The molecule has 2 heteroatoms. The van der Waals surface area contributed by atoms with Crippen molar-refractivity contribution < 1.29 is 9.53 Å². The first-order valence-corrected chi connectivity index (χ1v) is 6.23. The van der Waals surface area contributed by atoms with Crippen molar-refractivity contribution in [3.8, 4) is 0 Å². The molecular formula is C14H24O2. The molecule has 0 radical (unpaired) electrons. The highest BCUT2D eigenvalue weighted by Gasteiger charge is 2.40. The maximum Gasteiger partial charge on any atom is 0.164 e. The number of carbonyl (C=O) groups is 1. The molecule has 2 nitrogen and oxygen atoms in total. The average Bonchev–Trinajstić information content (AvgIpc) is 2.25. The molecule has 1 saturated carbocycles. The van der Waals surface area contributed by atoms with Crippen LogP contribution in [-0.4, -0.2) is 18.5 Å². The van der Waals surface area contributed by atoms with Gasteiger partial charge in [-0.2, -0.15) is 0 Å². The Bertz CT molecular complexity index is 270. The quantitative estimate of drug-likeness (QED) is 0.668. The molecule has 0 aromatic carbocycles. The lowest BCUT2D eigenvalue weighted by atomic mass is 9.75. The van der Waals surface area contributed by atoms with E-state index < -0.39 is 5.60 Å². The van der Waals surface area contributed by atoms with Gasteiger partial charge < -0.3 is 4.74 Å². The van der Waals surface area contributed by atoms with Gasteiger partial charge in [0.2, 0.25) is 0 Å². The monoisotopic (exact) mass is 224 g/mol. The summed E-state index contributed by atoms with van der Waals surface area (Å²) in [6, 6.07) is 0. The van der Waals surface area contributed by atoms with Crippen LogP contribution in [0.4, 0.5) is 0 Å². The van der Waals surface area contributed by atoms with Gasteiger partial charge in [0.25, 0.3) is 0 Å². The van der Waals surface area contributed by atoms with E-state index >= 15 is 0 Å². The second-order valence-electron chi connectivity index (χ2n) is 5.28. The molecule has 0 bridgehead atoms. The maximum atomic E-state index is 12.2. The van der Waals surface area contributed by atoms with E-state index in [2.05, 4.69) is 13.5 Å². The van der Waals surface area contributed by atoms with Gasteiger partial charge in [-0.25, -0.2) is 0 Å². The van der Waals surface area contributed by atoms with Crippen LogP contribution >= 0.6 is 0 Å². The van der Waals surface area contributed by atoms with Crippen molar-refractivity contribution in [2.45, 2.75) is 58.0 Å². The number of rotatable bonds is 5. The molecule has 1 fully saturated rings. The molecule has 1 aliphatic rings. The van der Waals surface area contributed by atoms with Crippen molar-refractivity contribution in [3.05, 3.63) is 12.2 Å². The summed E-state index contributed by atoms with van der Waals surface area (Å²) in [5.41, 5.74) is 0.580. The molecule has 0 heterocycles. The van der Waals surface area contributed by atoms with Gasteiger partial charge in [-0.1, -0.05) is 18.9 Å². The molecule has 2 atom stereocenters. The lowest BCUT2D eigenvalue weighted by Gasteiger charge is -2.37. The van der Waals surface area contributed by atoms with Crippen LogP contribution in [0.25, 0.3) is 0 Å². The highest BCUT2D eigenvalue weighted by Crippen LogP contribution is 2.36. The number of allylic oxidation sites excluding steroid dienone is 1. The van der Waals surface area contributed by atoms with Gasteiger partial charge in [-0.15, -0.1) is 6.58 Å². The fourth-order valence-corrected chi connectivity index (χ4v) is 2.61. The van der Waals surface area contributed by atoms with Gasteiger partial charge in [0.05, 0.1) is 0 Å². The Morgan fingerprint density at radius 3 is 2.69 bits per heavy atom. The Balaban J connectivity index is 2.63. The van der Waals surface area contributed by atoms with E-state index in [1.807, 2.05) is 6.92 Å². The van der Waals surface area contributed by atoms with E-state index in [0.717, 1.165) is 31.3 Å². The first-order chi connectivity index (χ1) is 7.50. The third-order valence-corrected chi connectivity index (χ3v) is 3.63. The minimum absolute atomic E-state index is 0.268. The molecule has 92 valence electrons. The minimum Gasteiger partial charge on any atom is -0.370 e. The molecule has 0 aliphatic heterocycles. The number of methoxy groups -OCH3 is 1. The van der Waals surface area contributed by atoms with Crippen LogP contribution in [0.15, 0.2) is 12.2 Å². The number of ketones is 1. The van der Waals surface area contributed by atoms with E-state index in [0.29, 0.717) is 12.3 Å². The van der Waals surface area contributed by atoms with E-state index in [1.54, 1.807) is 7.11 Å². The zero-order valence-electron chi connectivity index (χ0n) is 10.8. The average molecular weight is 224 g/mol. The lowest BCUT2D eigenvalue weighted by molar-refractivity contribution is -0.147. The summed E-state index contributed by atoms with van der Waals surface area (Å²) in [7, 11) is 1.68. The molecule has 1 aliphatic carbocycles. The summed E-state index contributed by atoms with van der Waals surface area (Å²) < 4.78 is 5.56. The first-order valence-electron chi connectivity index (χ1n) is 6.23. The summed E-state index contributed by atoms with van der Waals surface area (Å²) in [5.74, 6) is 0.868. The zero-order valence-corrected chi connectivity index (χ0v) is 10.8. The summed E-state index contributed by atoms with van der Waals surface area (Å²) >= 11 is 0. The predicted molar refractivity (Wildman–Crippen MR) is 66.4 cm³/mol. The Morgan fingerprint density at radius 1 is 1.50 bits per heavy atom. The van der Waals surface area contributed by atoms with Crippen LogP contribution in [0.2, 0.25) is 0 Å². The van der Waals surface area contributed by atoms with Gasteiger partial charge in [-0.05, 0) is 38.5 Å². The number of hydrogen-bond donors (Lipinski definition) is 0. The van der Waals surface area contributed by atoms with Crippen molar-refractivity contribution in [1.29, 1.82) is 0 Å². The topological polar surface area (TPSA) is 26.3 Å². The van der Waals surface area contributed by atoms with Crippen LogP contribution in [0.5, 0.6) is 0 Å². The Kier molecular flexibility index (Phi) is 4.72. The first kappa shape index (κ1) is 13.4. The summed E-state index contributed by atoms with van der Waals surface area (Å²) in [6.45, 7) is 8.02. The third kappa shape index (κ3) is 3.18. The fourth-order valence-electron chi connectivity index (χ4n) is 2.61. The lowest BCUT2D eigenvalue weighted by Crippen LogP contribution is -2.44. The van der Waals surface area contributed by atoms with Crippen molar-refractivity contribution in [3.63, 3.8) is 0 Å². The maximum absolute atomic E-state index is 12.2. The van der Waals surface area contributed by atoms with Crippen molar-refractivity contribution in [2.24, 2.45) is 5.92 Å². The number of ether oxygens (including phenoxy) is 1. The Hall–Kier alpha value is -0.630. The van der Waals surface area contributed by atoms with Crippen LogP contribution in [0, 0.1) is 5.92 Å². The Morgan fingerprint density at radius 2 is 2.19 bits per heavy atom. The van der Waals surface area contributed by atoms with Crippen LogP contribution in [-0.2, 0) is 9.53 Å². The molecule has 2 unspecified atom stereocenters. The Labute approximate surface area is 99.1 Å². The summed E-state index contributed by atoms with van der Waals surface area (Å²) in [4.78, 5) is 12.2. The molecule has 0 saturated heterocycles. The highest BCUT2D eigenvalue weighted by molar-refractivity contribution is 5.87. The van der Waals surface area contributed by atoms with E-state index in [4.69, 9.17) is 4.74 Å². The SMILES string of the molecule is C=C(C)CCC(=O)C1(OC)CCCC(C)C1. The predicted octanol–water partition coefficient (Wildman–Crippen LogP) is 3.51. The van der Waals surface area contributed by atoms with Crippen molar-refractivity contribution >= 4 is 5.78 Å². The second kappa shape index (κ2) is 5.62. The van der Waals surface area contributed by atoms with E-state index in [-0.39, 0.29) is 5.78 Å². The summed E-state index contributed by atoms with van der Waals surface area (Å²) in [6.07, 6.45) is 5.47. The highest BCUT2D eigenvalue weighted by atomic mass is 16.5. The molecule has 0 N–H and O–H groups in total. The van der Waals surface area contributed by atoms with E-state index in [9.17, 15) is 4.79 Å². The van der Waals surface area contributed by atoms with Crippen molar-refractivity contribution in [1.82, 2.24) is 0 Å². The smallest absolute Gasteiger partial charge is 0.164 e. The molecule has 1 rings (SSSR count). The third-order valence-electron chi connectivity index (χ3n) is 3.63. The van der Waals surface area contributed by atoms with Crippen LogP contribution in [0.3, 0.4) is 0 Å². The van der Waals surface area contributed by atoms with Gasteiger partial charge in [-0.3, -0.25) is 4.79 Å². The molecule has 0 amide bonds. The summed E-state index contributed by atoms with van der Waals surface area (Å²) in [5, 5.41) is 0. The van der Waals surface area contributed by atoms with Gasteiger partial charge in [0, 0.05) is 13.5 Å². The second-order valence-corrected chi connectivity index (χ2v) is 5.28. The number of Topliss-reactive ketones (excluding diaryl/α,β-unsaturated/α-hetero) is 1. The van der Waals surface area contributed by atoms with Gasteiger partial charge in [0.1, 0.15) is 5.60 Å². The van der Waals surface area contributed by atoms with E-state index in [1.165, 1.54) is 6.42 Å². The van der Waals surface area contributed by atoms with Crippen molar-refractivity contribution in [2.75, 3.05) is 7.11 Å². The molecule has 16 heavy (non-hydrogen) atoms. The van der Waals surface area contributed by atoms with Crippen LogP contribution < -0.4 is 0 Å². The molecule has 0 aromatic heterocycles. The standard InChI is InChI=1S/C14H24O2/c1-11(2)7-8-13(15)14(16-4)9-5-6-12(3)10-14/h12H,1,5-10H2,2-4H3. The largest absolute Gasteiger partial charge is 0.370 e.